The Balaban J connectivity index is 1.94. The van der Waals surface area contributed by atoms with Crippen LogP contribution in [0.5, 0.6) is 0 Å². The van der Waals surface area contributed by atoms with Crippen molar-refractivity contribution in [2.24, 2.45) is 0 Å². The first kappa shape index (κ1) is 11.5. The first-order valence-electron chi connectivity index (χ1n) is 5.71. The molecule has 0 aliphatic carbocycles. The van der Waals surface area contributed by atoms with E-state index in [9.17, 15) is 4.79 Å². The standard InChI is InChI=1S/C11H21NO2/c1-2-3-6-11(13)12-8-7-10-5-4-9-14-10/h10H,2-9H2,1H3,(H,12,13). The molecule has 1 aliphatic heterocycles. The van der Waals surface area contributed by atoms with Crippen molar-refractivity contribution in [1.82, 2.24) is 5.32 Å². The summed E-state index contributed by atoms with van der Waals surface area (Å²) in [6, 6.07) is 0. The fourth-order valence-electron chi connectivity index (χ4n) is 1.67. The van der Waals surface area contributed by atoms with Crippen LogP contribution in [0.3, 0.4) is 0 Å². The number of amides is 1. The van der Waals surface area contributed by atoms with E-state index in [4.69, 9.17) is 4.74 Å². The lowest BCUT2D eigenvalue weighted by Gasteiger charge is -2.09. The van der Waals surface area contributed by atoms with Crippen LogP contribution in [0.1, 0.15) is 45.4 Å². The Bertz CT molecular complexity index is 165. The third kappa shape index (κ3) is 4.61. The van der Waals surface area contributed by atoms with E-state index in [2.05, 4.69) is 12.2 Å². The van der Waals surface area contributed by atoms with Crippen molar-refractivity contribution in [1.29, 1.82) is 0 Å². The maximum Gasteiger partial charge on any atom is 0.219 e. The zero-order valence-corrected chi connectivity index (χ0v) is 9.05. The molecular formula is C11H21NO2. The summed E-state index contributed by atoms with van der Waals surface area (Å²) in [4.78, 5) is 11.2. The Morgan fingerprint density at radius 3 is 3.07 bits per heavy atom. The lowest BCUT2D eigenvalue weighted by molar-refractivity contribution is -0.121. The van der Waals surface area contributed by atoms with Gasteiger partial charge in [-0.2, -0.15) is 0 Å². The molecule has 0 saturated carbocycles. The molecule has 1 rings (SSSR count). The number of nitrogens with one attached hydrogen (secondary N) is 1. The average Bonchev–Trinajstić information content (AvgIpc) is 2.67. The third-order valence-electron chi connectivity index (χ3n) is 2.57. The van der Waals surface area contributed by atoms with Gasteiger partial charge in [0, 0.05) is 19.6 Å². The van der Waals surface area contributed by atoms with Gasteiger partial charge in [-0.3, -0.25) is 4.79 Å². The zero-order valence-electron chi connectivity index (χ0n) is 9.05. The second-order valence-electron chi connectivity index (χ2n) is 3.88. The number of ether oxygens (including phenoxy) is 1. The Kier molecular flexibility index (Phi) is 5.60. The molecule has 1 saturated heterocycles. The summed E-state index contributed by atoms with van der Waals surface area (Å²) in [5.74, 6) is 0.185. The maximum atomic E-state index is 11.2. The molecule has 82 valence electrons. The summed E-state index contributed by atoms with van der Waals surface area (Å²) in [5, 5.41) is 2.93. The second kappa shape index (κ2) is 6.82. The topological polar surface area (TPSA) is 38.3 Å². The van der Waals surface area contributed by atoms with Gasteiger partial charge in [-0.05, 0) is 25.7 Å². The monoisotopic (exact) mass is 199 g/mol. The number of unbranched alkanes of at least 4 members (excludes halogenated alkanes) is 1. The number of rotatable bonds is 6. The molecule has 3 heteroatoms. The molecule has 1 atom stereocenters. The van der Waals surface area contributed by atoms with Gasteiger partial charge in [0.05, 0.1) is 6.10 Å². The van der Waals surface area contributed by atoms with Gasteiger partial charge < -0.3 is 10.1 Å². The normalized spacial score (nSPS) is 21.1. The zero-order chi connectivity index (χ0) is 10.2. The minimum atomic E-state index is 0.185. The van der Waals surface area contributed by atoms with Crippen LogP contribution in [-0.4, -0.2) is 25.2 Å². The van der Waals surface area contributed by atoms with E-state index >= 15 is 0 Å². The lowest BCUT2D eigenvalue weighted by atomic mass is 10.2. The van der Waals surface area contributed by atoms with Gasteiger partial charge >= 0.3 is 0 Å². The van der Waals surface area contributed by atoms with Crippen LogP contribution in [0.25, 0.3) is 0 Å². The van der Waals surface area contributed by atoms with Crippen molar-refractivity contribution in [2.75, 3.05) is 13.2 Å². The molecule has 0 radical (unpaired) electrons. The summed E-state index contributed by atoms with van der Waals surface area (Å²) in [5.41, 5.74) is 0. The summed E-state index contributed by atoms with van der Waals surface area (Å²) in [7, 11) is 0. The summed E-state index contributed by atoms with van der Waals surface area (Å²) in [6.07, 6.45) is 6.44. The van der Waals surface area contributed by atoms with Crippen LogP contribution in [0.2, 0.25) is 0 Å². The van der Waals surface area contributed by atoms with E-state index in [0.29, 0.717) is 12.5 Å². The largest absolute Gasteiger partial charge is 0.378 e. The van der Waals surface area contributed by atoms with Crippen molar-refractivity contribution >= 4 is 5.91 Å². The van der Waals surface area contributed by atoms with Crippen LogP contribution in [0.4, 0.5) is 0 Å². The van der Waals surface area contributed by atoms with Gasteiger partial charge in [-0.25, -0.2) is 0 Å². The molecule has 1 heterocycles. The Morgan fingerprint density at radius 2 is 2.43 bits per heavy atom. The summed E-state index contributed by atoms with van der Waals surface area (Å²) >= 11 is 0. The van der Waals surface area contributed by atoms with E-state index in [-0.39, 0.29) is 5.91 Å². The number of carbonyl (C=O) groups is 1. The minimum Gasteiger partial charge on any atom is -0.378 e. The minimum absolute atomic E-state index is 0.185. The molecule has 1 aliphatic rings. The van der Waals surface area contributed by atoms with Crippen LogP contribution in [-0.2, 0) is 9.53 Å². The van der Waals surface area contributed by atoms with Crippen LogP contribution in [0.15, 0.2) is 0 Å². The van der Waals surface area contributed by atoms with Gasteiger partial charge in [0.2, 0.25) is 5.91 Å². The van der Waals surface area contributed by atoms with Crippen molar-refractivity contribution < 1.29 is 9.53 Å². The molecule has 0 aromatic rings. The smallest absolute Gasteiger partial charge is 0.219 e. The summed E-state index contributed by atoms with van der Waals surface area (Å²) < 4.78 is 5.46. The maximum absolute atomic E-state index is 11.2. The Hall–Kier alpha value is -0.570. The molecular weight excluding hydrogens is 178 g/mol. The highest BCUT2D eigenvalue weighted by Crippen LogP contribution is 2.14. The van der Waals surface area contributed by atoms with Gasteiger partial charge in [0.1, 0.15) is 0 Å². The number of carbonyl (C=O) groups excluding carboxylic acids is 1. The van der Waals surface area contributed by atoms with E-state index in [1.54, 1.807) is 0 Å². The Labute approximate surface area is 86.2 Å². The molecule has 14 heavy (non-hydrogen) atoms. The van der Waals surface area contributed by atoms with Gasteiger partial charge in [-0.15, -0.1) is 0 Å². The van der Waals surface area contributed by atoms with Gasteiger partial charge in [0.25, 0.3) is 0 Å². The van der Waals surface area contributed by atoms with E-state index < -0.39 is 0 Å². The predicted octanol–water partition coefficient (Wildman–Crippen LogP) is 1.86. The average molecular weight is 199 g/mol. The molecule has 0 aromatic carbocycles. The van der Waals surface area contributed by atoms with Crippen LogP contribution in [0, 0.1) is 0 Å². The number of hydrogen-bond acceptors (Lipinski definition) is 2. The quantitative estimate of drug-likeness (QED) is 0.709. The van der Waals surface area contributed by atoms with Gasteiger partial charge in [-0.1, -0.05) is 13.3 Å². The first-order valence-corrected chi connectivity index (χ1v) is 5.71. The van der Waals surface area contributed by atoms with E-state index in [1.807, 2.05) is 0 Å². The predicted molar refractivity (Wildman–Crippen MR) is 56.1 cm³/mol. The molecule has 3 nitrogen and oxygen atoms in total. The molecule has 1 unspecified atom stereocenters. The molecule has 1 N–H and O–H groups in total. The van der Waals surface area contributed by atoms with Gasteiger partial charge in [0.15, 0.2) is 0 Å². The van der Waals surface area contributed by atoms with Crippen LogP contribution >= 0.6 is 0 Å². The number of hydrogen-bond donors (Lipinski definition) is 1. The van der Waals surface area contributed by atoms with E-state index in [1.165, 1.54) is 6.42 Å². The highest BCUT2D eigenvalue weighted by molar-refractivity contribution is 5.75. The molecule has 0 aromatic heterocycles. The molecule has 1 amide bonds. The second-order valence-corrected chi connectivity index (χ2v) is 3.88. The van der Waals surface area contributed by atoms with Crippen molar-refractivity contribution in [3.8, 4) is 0 Å². The molecule has 1 fully saturated rings. The Morgan fingerprint density at radius 1 is 1.57 bits per heavy atom. The molecule has 0 bridgehead atoms. The first-order chi connectivity index (χ1) is 6.83. The fourth-order valence-corrected chi connectivity index (χ4v) is 1.67. The fraction of sp³-hybridized carbons (Fsp3) is 0.909. The highest BCUT2D eigenvalue weighted by atomic mass is 16.5. The summed E-state index contributed by atoms with van der Waals surface area (Å²) in [6.45, 7) is 3.77. The van der Waals surface area contributed by atoms with Crippen molar-refractivity contribution in [3.63, 3.8) is 0 Å². The SMILES string of the molecule is CCCCC(=O)NCCC1CCCO1. The lowest BCUT2D eigenvalue weighted by Crippen LogP contribution is -2.26. The van der Waals surface area contributed by atoms with Crippen molar-refractivity contribution in [2.45, 2.75) is 51.6 Å². The van der Waals surface area contributed by atoms with E-state index in [0.717, 1.165) is 38.8 Å². The highest BCUT2D eigenvalue weighted by Gasteiger charge is 2.14. The molecule has 0 spiro atoms. The van der Waals surface area contributed by atoms with Crippen LogP contribution < -0.4 is 5.32 Å². The third-order valence-corrected chi connectivity index (χ3v) is 2.57. The van der Waals surface area contributed by atoms with Crippen molar-refractivity contribution in [3.05, 3.63) is 0 Å².